The fraction of sp³-hybridized carbons (Fsp3) is 0.389. The molecule has 1 fully saturated rings. The van der Waals surface area contributed by atoms with Crippen molar-refractivity contribution in [1.29, 1.82) is 0 Å². The molecule has 2 heterocycles. The van der Waals surface area contributed by atoms with Gasteiger partial charge in [-0.3, -0.25) is 9.78 Å². The lowest BCUT2D eigenvalue weighted by molar-refractivity contribution is 0.0532. The van der Waals surface area contributed by atoms with Crippen LogP contribution in [-0.2, 0) is 0 Å². The van der Waals surface area contributed by atoms with Crippen LogP contribution in [0.5, 0.6) is 11.6 Å². The van der Waals surface area contributed by atoms with Crippen molar-refractivity contribution in [1.82, 2.24) is 14.9 Å². The molecule has 2 unspecified atom stereocenters. The van der Waals surface area contributed by atoms with Crippen molar-refractivity contribution in [3.05, 3.63) is 48.4 Å². The minimum Gasteiger partial charge on any atom is -0.437 e. The third-order valence-electron chi connectivity index (χ3n) is 4.46. The van der Waals surface area contributed by atoms with E-state index in [9.17, 15) is 4.79 Å². The van der Waals surface area contributed by atoms with Gasteiger partial charge >= 0.3 is 0 Å². The number of piperidine rings is 1. The zero-order valence-electron chi connectivity index (χ0n) is 14.6. The van der Waals surface area contributed by atoms with E-state index >= 15 is 0 Å². The highest BCUT2D eigenvalue weighted by atomic mass is 35.5. The number of carbonyl (C=O) groups excluding carboxylic acids is 1. The van der Waals surface area contributed by atoms with E-state index in [4.69, 9.17) is 10.5 Å². The molecule has 2 N–H and O–H groups in total. The molecule has 0 spiro atoms. The van der Waals surface area contributed by atoms with Gasteiger partial charge in [-0.2, -0.15) is 0 Å². The quantitative estimate of drug-likeness (QED) is 0.853. The lowest BCUT2D eigenvalue weighted by Gasteiger charge is -2.39. The van der Waals surface area contributed by atoms with Gasteiger partial charge in [0.25, 0.3) is 5.91 Å². The Morgan fingerprint density at radius 3 is 2.85 bits per heavy atom. The van der Waals surface area contributed by atoms with Crippen LogP contribution in [0.2, 0.25) is 0 Å². The number of hydrogen-bond donors (Lipinski definition) is 1. The zero-order chi connectivity index (χ0) is 16.9. The monoisotopic (exact) mass is 398 g/mol. The molecule has 1 aromatic heterocycles. The fourth-order valence-electron chi connectivity index (χ4n) is 3.18. The van der Waals surface area contributed by atoms with E-state index in [1.807, 2.05) is 11.0 Å². The normalized spacial score (nSPS) is 19.1. The molecule has 3 rings (SSSR count). The molecule has 0 bridgehead atoms. The van der Waals surface area contributed by atoms with Gasteiger partial charge in [-0.1, -0.05) is 13.0 Å². The SMILES string of the molecule is CC1CCCN(C(=O)c2cccc(Oc3cnccn3)c2)C1CN.Cl.Cl. The van der Waals surface area contributed by atoms with Crippen LogP contribution >= 0.6 is 24.8 Å². The van der Waals surface area contributed by atoms with E-state index in [2.05, 4.69) is 16.9 Å². The second kappa shape index (κ2) is 10.3. The minimum atomic E-state index is 0. The Kier molecular flexibility index (Phi) is 8.78. The molecule has 0 saturated carbocycles. The van der Waals surface area contributed by atoms with E-state index < -0.39 is 0 Å². The standard InChI is InChI=1S/C18H22N4O2.2ClH/c1-13-4-3-9-22(16(13)11-19)18(23)14-5-2-6-15(10-14)24-17-12-20-7-8-21-17;;/h2,5-8,10,12-13,16H,3-4,9,11,19H2,1H3;2*1H. The molecule has 142 valence electrons. The Bertz CT molecular complexity index is 703. The molecule has 0 radical (unpaired) electrons. The first-order valence-corrected chi connectivity index (χ1v) is 8.24. The maximum Gasteiger partial charge on any atom is 0.254 e. The van der Waals surface area contributed by atoms with E-state index in [0.29, 0.717) is 29.7 Å². The number of ether oxygens (including phenoxy) is 1. The lowest BCUT2D eigenvalue weighted by atomic mass is 9.90. The van der Waals surface area contributed by atoms with Crippen LogP contribution in [0.1, 0.15) is 30.1 Å². The number of benzene rings is 1. The number of aromatic nitrogens is 2. The molecule has 2 aromatic rings. The highest BCUT2D eigenvalue weighted by Crippen LogP contribution is 2.26. The Hall–Kier alpha value is -1.89. The number of nitrogens with two attached hydrogens (primary N) is 1. The Balaban J connectivity index is 0.00000169. The zero-order valence-corrected chi connectivity index (χ0v) is 16.2. The second-order valence-electron chi connectivity index (χ2n) is 6.09. The van der Waals surface area contributed by atoms with Gasteiger partial charge < -0.3 is 15.4 Å². The van der Waals surface area contributed by atoms with Crippen molar-refractivity contribution in [2.24, 2.45) is 11.7 Å². The summed E-state index contributed by atoms with van der Waals surface area (Å²) in [5.74, 6) is 1.39. The van der Waals surface area contributed by atoms with Crippen molar-refractivity contribution in [3.63, 3.8) is 0 Å². The minimum absolute atomic E-state index is 0. The average Bonchev–Trinajstić information content (AvgIpc) is 2.62. The summed E-state index contributed by atoms with van der Waals surface area (Å²) in [6.45, 7) is 3.40. The maximum absolute atomic E-state index is 12.9. The van der Waals surface area contributed by atoms with Gasteiger partial charge in [0.15, 0.2) is 0 Å². The fourth-order valence-corrected chi connectivity index (χ4v) is 3.18. The van der Waals surface area contributed by atoms with Crippen LogP contribution in [0.25, 0.3) is 0 Å². The molecule has 1 saturated heterocycles. The number of rotatable bonds is 4. The Morgan fingerprint density at radius 1 is 1.35 bits per heavy atom. The van der Waals surface area contributed by atoms with E-state index in [1.165, 1.54) is 6.20 Å². The summed E-state index contributed by atoms with van der Waals surface area (Å²) in [5.41, 5.74) is 6.50. The molecular formula is C18H24Cl2N4O2. The number of nitrogens with zero attached hydrogens (tertiary/aromatic N) is 3. The van der Waals surface area contributed by atoms with Gasteiger partial charge in [-0.15, -0.1) is 24.8 Å². The summed E-state index contributed by atoms with van der Waals surface area (Å²) in [6, 6.07) is 7.24. The number of likely N-dealkylation sites (tertiary alicyclic amines) is 1. The molecule has 6 nitrogen and oxygen atoms in total. The van der Waals surface area contributed by atoms with Crippen molar-refractivity contribution < 1.29 is 9.53 Å². The van der Waals surface area contributed by atoms with Crippen LogP contribution in [-0.4, -0.2) is 39.9 Å². The largest absolute Gasteiger partial charge is 0.437 e. The van der Waals surface area contributed by atoms with Crippen LogP contribution in [0.4, 0.5) is 0 Å². The summed E-state index contributed by atoms with van der Waals surface area (Å²) < 4.78 is 5.66. The first kappa shape index (κ1) is 22.2. The van der Waals surface area contributed by atoms with Crippen LogP contribution in [0.15, 0.2) is 42.9 Å². The van der Waals surface area contributed by atoms with Crippen LogP contribution < -0.4 is 10.5 Å². The number of hydrogen-bond acceptors (Lipinski definition) is 5. The van der Waals surface area contributed by atoms with Gasteiger partial charge in [-0.25, -0.2) is 4.98 Å². The van der Waals surface area contributed by atoms with Crippen LogP contribution in [0, 0.1) is 5.92 Å². The molecule has 1 amide bonds. The number of carbonyl (C=O) groups is 1. The first-order valence-electron chi connectivity index (χ1n) is 8.24. The number of halogens is 2. The third-order valence-corrected chi connectivity index (χ3v) is 4.46. The Morgan fingerprint density at radius 2 is 2.15 bits per heavy atom. The van der Waals surface area contributed by atoms with Gasteiger partial charge in [-0.05, 0) is 37.0 Å². The van der Waals surface area contributed by atoms with Gasteiger partial charge in [0, 0.05) is 37.1 Å². The number of amides is 1. The van der Waals surface area contributed by atoms with Crippen LogP contribution in [0.3, 0.4) is 0 Å². The molecule has 0 aliphatic carbocycles. The summed E-state index contributed by atoms with van der Waals surface area (Å²) in [6.07, 6.45) is 6.80. The summed E-state index contributed by atoms with van der Waals surface area (Å²) >= 11 is 0. The molecule has 1 aromatic carbocycles. The Labute approximate surface area is 166 Å². The summed E-state index contributed by atoms with van der Waals surface area (Å²) in [5, 5.41) is 0. The smallest absolute Gasteiger partial charge is 0.254 e. The first-order chi connectivity index (χ1) is 11.7. The van der Waals surface area contributed by atoms with Crippen molar-refractivity contribution >= 4 is 30.7 Å². The highest BCUT2D eigenvalue weighted by Gasteiger charge is 2.31. The summed E-state index contributed by atoms with van der Waals surface area (Å²) in [4.78, 5) is 22.8. The van der Waals surface area contributed by atoms with Gasteiger partial charge in [0.05, 0.1) is 6.20 Å². The molecular weight excluding hydrogens is 375 g/mol. The lowest BCUT2D eigenvalue weighted by Crippen LogP contribution is -2.51. The van der Waals surface area contributed by atoms with Gasteiger partial charge in [0.2, 0.25) is 5.88 Å². The maximum atomic E-state index is 12.9. The average molecular weight is 399 g/mol. The van der Waals surface area contributed by atoms with Gasteiger partial charge in [0.1, 0.15) is 5.75 Å². The van der Waals surface area contributed by atoms with E-state index in [-0.39, 0.29) is 36.8 Å². The molecule has 8 heteroatoms. The van der Waals surface area contributed by atoms with Crippen molar-refractivity contribution in [2.75, 3.05) is 13.1 Å². The predicted molar refractivity (Wildman–Crippen MR) is 105 cm³/mol. The topological polar surface area (TPSA) is 81.3 Å². The molecule has 1 aliphatic rings. The van der Waals surface area contributed by atoms with E-state index in [0.717, 1.165) is 19.4 Å². The third kappa shape index (κ3) is 5.06. The van der Waals surface area contributed by atoms with Crippen molar-refractivity contribution in [2.45, 2.75) is 25.8 Å². The van der Waals surface area contributed by atoms with Crippen molar-refractivity contribution in [3.8, 4) is 11.6 Å². The van der Waals surface area contributed by atoms with E-state index in [1.54, 1.807) is 30.6 Å². The molecule has 26 heavy (non-hydrogen) atoms. The predicted octanol–water partition coefficient (Wildman–Crippen LogP) is 3.31. The molecule has 1 aliphatic heterocycles. The molecule has 2 atom stereocenters. The summed E-state index contributed by atoms with van der Waals surface area (Å²) in [7, 11) is 0. The highest BCUT2D eigenvalue weighted by molar-refractivity contribution is 5.95. The second-order valence-corrected chi connectivity index (χ2v) is 6.09.